The Kier molecular flexibility index (Phi) is 6.41. The van der Waals surface area contributed by atoms with Crippen LogP contribution in [0.3, 0.4) is 0 Å². The number of hydrogen-bond donors (Lipinski definition) is 0. The molecule has 0 atom stereocenters. The van der Waals surface area contributed by atoms with Crippen molar-refractivity contribution in [3.8, 4) is 11.3 Å². The van der Waals surface area contributed by atoms with Crippen molar-refractivity contribution in [1.82, 2.24) is 4.98 Å². The summed E-state index contributed by atoms with van der Waals surface area (Å²) in [5, 5.41) is 1.55. The lowest BCUT2D eigenvalue weighted by atomic mass is 9.73. The molecule has 0 aliphatic carbocycles. The molecule has 3 nitrogen and oxygen atoms in total. The largest absolute Gasteiger partial charge is 0.310 e. The molecule has 6 aromatic rings. The van der Waals surface area contributed by atoms with Crippen LogP contribution in [0.4, 0.5) is 17.1 Å². The molecular weight excluding hydrogens is 531 g/mol. The molecule has 0 N–H and O–H groups in total. The summed E-state index contributed by atoms with van der Waals surface area (Å²) in [6, 6.07) is 51.1. The normalized spacial score (nSPS) is 13.7. The number of para-hydroxylation sites is 2. The van der Waals surface area contributed by atoms with Crippen molar-refractivity contribution < 1.29 is 4.57 Å². The Balaban J connectivity index is 1.37. The second-order valence-corrected chi connectivity index (χ2v) is 13.9. The first kappa shape index (κ1) is 26.2. The molecule has 0 fully saturated rings. The van der Waals surface area contributed by atoms with Crippen LogP contribution < -0.4 is 20.9 Å². The molecule has 0 unspecified atom stereocenters. The van der Waals surface area contributed by atoms with Gasteiger partial charge in [0.15, 0.2) is 7.14 Å². The molecule has 0 radical (unpaired) electrons. The van der Waals surface area contributed by atoms with Gasteiger partial charge >= 0.3 is 0 Å². The number of nitrogens with zero attached hydrogens (tertiary/aromatic N) is 2. The fourth-order valence-electron chi connectivity index (χ4n) is 6.20. The highest BCUT2D eigenvalue weighted by Crippen LogP contribution is 2.51. The van der Waals surface area contributed by atoms with Crippen LogP contribution in [-0.2, 0) is 9.98 Å². The third-order valence-corrected chi connectivity index (χ3v) is 11.3. The van der Waals surface area contributed by atoms with Gasteiger partial charge in [-0.05, 0) is 47.5 Å². The van der Waals surface area contributed by atoms with E-state index in [0.29, 0.717) is 5.44 Å². The van der Waals surface area contributed by atoms with Gasteiger partial charge in [-0.3, -0.25) is 0 Å². The van der Waals surface area contributed by atoms with Gasteiger partial charge in [0.1, 0.15) is 5.44 Å². The second kappa shape index (κ2) is 10.3. The summed E-state index contributed by atoms with van der Waals surface area (Å²) in [6.45, 7) is 4.59. The summed E-state index contributed by atoms with van der Waals surface area (Å²) in [5.74, 6) is 0. The van der Waals surface area contributed by atoms with E-state index in [1.165, 1.54) is 22.5 Å². The maximum Gasteiger partial charge on any atom is 0.188 e. The molecule has 0 saturated carbocycles. The molecular formula is C38H31N2OP. The lowest BCUT2D eigenvalue weighted by Gasteiger charge is -2.42. The zero-order valence-electron chi connectivity index (χ0n) is 23.7. The van der Waals surface area contributed by atoms with Gasteiger partial charge in [-0.25, -0.2) is 4.98 Å². The zero-order valence-corrected chi connectivity index (χ0v) is 24.6. The van der Waals surface area contributed by atoms with Crippen LogP contribution in [0.25, 0.3) is 11.3 Å². The Bertz CT molecular complexity index is 1860. The quantitative estimate of drug-likeness (QED) is 0.198. The molecule has 1 aromatic heterocycles. The van der Waals surface area contributed by atoms with E-state index in [-0.39, 0.29) is 5.41 Å². The van der Waals surface area contributed by atoms with Crippen molar-refractivity contribution in [2.24, 2.45) is 0 Å². The molecule has 0 spiro atoms. The molecule has 0 bridgehead atoms. The van der Waals surface area contributed by atoms with Crippen LogP contribution in [0, 0.1) is 0 Å². The monoisotopic (exact) mass is 562 g/mol. The van der Waals surface area contributed by atoms with E-state index in [4.69, 9.17) is 4.98 Å². The summed E-state index contributed by atoms with van der Waals surface area (Å²) >= 11 is 0. The van der Waals surface area contributed by atoms with Crippen LogP contribution in [-0.4, -0.2) is 4.98 Å². The van der Waals surface area contributed by atoms with Gasteiger partial charge in [-0.1, -0.05) is 129 Å². The van der Waals surface area contributed by atoms with E-state index >= 15 is 0 Å². The number of hydrogen-bond acceptors (Lipinski definition) is 3. The number of rotatable bonds is 5. The molecule has 0 amide bonds. The number of pyridine rings is 1. The molecule has 2 heterocycles. The van der Waals surface area contributed by atoms with E-state index in [2.05, 4.69) is 91.5 Å². The minimum absolute atomic E-state index is 0.118. The first-order chi connectivity index (χ1) is 20.5. The van der Waals surface area contributed by atoms with Gasteiger partial charge in [-0.15, -0.1) is 0 Å². The Morgan fingerprint density at radius 2 is 1.10 bits per heavy atom. The SMILES string of the molecule is CC1(C)c2ccccc2N(c2cccc(-c3cccc(P(=O)(c4ccccc4)c4ccccc4)n3)c2)c2ccccc21. The standard InChI is InChI=1S/C38H31N2OP/c1-38(2)32-21-9-11-24-35(32)40(36-25-12-10-22-33(36)38)29-16-13-15-28(27-29)34-23-14-26-37(39-34)42(41,30-17-5-3-6-18-30)31-19-7-4-8-20-31/h3-27H,1-2H3. The van der Waals surface area contributed by atoms with E-state index < -0.39 is 7.14 Å². The number of benzene rings is 5. The maximum absolute atomic E-state index is 15.0. The van der Waals surface area contributed by atoms with Crippen molar-refractivity contribution in [3.05, 3.63) is 163 Å². The van der Waals surface area contributed by atoms with E-state index in [1.54, 1.807) is 0 Å². The van der Waals surface area contributed by atoms with Crippen molar-refractivity contribution in [2.75, 3.05) is 4.90 Å². The lowest BCUT2D eigenvalue weighted by Crippen LogP contribution is -2.30. The smallest absolute Gasteiger partial charge is 0.188 e. The third kappa shape index (κ3) is 4.21. The Labute approximate surface area is 247 Å². The van der Waals surface area contributed by atoms with E-state index in [1.807, 2.05) is 78.9 Å². The molecule has 5 aromatic carbocycles. The number of fused-ring (bicyclic) bond motifs is 2. The molecule has 4 heteroatoms. The van der Waals surface area contributed by atoms with Crippen LogP contribution in [0.5, 0.6) is 0 Å². The van der Waals surface area contributed by atoms with Crippen LogP contribution >= 0.6 is 7.14 Å². The maximum atomic E-state index is 15.0. The fourth-order valence-corrected chi connectivity index (χ4v) is 8.76. The van der Waals surface area contributed by atoms with Crippen LogP contribution in [0.1, 0.15) is 25.0 Å². The van der Waals surface area contributed by atoms with Crippen molar-refractivity contribution in [3.63, 3.8) is 0 Å². The van der Waals surface area contributed by atoms with Gasteiger partial charge in [0.05, 0.1) is 17.1 Å². The molecule has 42 heavy (non-hydrogen) atoms. The van der Waals surface area contributed by atoms with Gasteiger partial charge in [-0.2, -0.15) is 0 Å². The first-order valence-electron chi connectivity index (χ1n) is 14.3. The Morgan fingerprint density at radius 3 is 1.69 bits per heavy atom. The molecule has 1 aliphatic heterocycles. The van der Waals surface area contributed by atoms with Gasteiger partial charge in [0, 0.05) is 27.3 Å². The lowest BCUT2D eigenvalue weighted by molar-refractivity contribution is 0.592. The topological polar surface area (TPSA) is 33.2 Å². The highest BCUT2D eigenvalue weighted by atomic mass is 31.2. The predicted octanol–water partition coefficient (Wildman–Crippen LogP) is 8.50. The minimum Gasteiger partial charge on any atom is -0.310 e. The summed E-state index contributed by atoms with van der Waals surface area (Å²) < 4.78 is 15.0. The number of anilines is 3. The zero-order chi connectivity index (χ0) is 28.7. The van der Waals surface area contributed by atoms with Gasteiger partial charge < -0.3 is 9.46 Å². The summed E-state index contributed by atoms with van der Waals surface area (Å²) in [5.41, 5.74) is 8.23. The minimum atomic E-state index is -3.19. The molecule has 204 valence electrons. The Morgan fingerprint density at radius 1 is 0.571 bits per heavy atom. The molecule has 1 aliphatic rings. The van der Waals surface area contributed by atoms with Crippen molar-refractivity contribution >= 4 is 40.2 Å². The molecule has 7 rings (SSSR count). The Hall–Kier alpha value is -4.72. The first-order valence-corrected chi connectivity index (χ1v) is 16.0. The molecule has 0 saturated heterocycles. The third-order valence-electron chi connectivity index (χ3n) is 8.33. The average Bonchev–Trinajstić information content (AvgIpc) is 3.06. The van der Waals surface area contributed by atoms with Gasteiger partial charge in [0.2, 0.25) is 0 Å². The van der Waals surface area contributed by atoms with Crippen molar-refractivity contribution in [1.29, 1.82) is 0 Å². The van der Waals surface area contributed by atoms with Gasteiger partial charge in [0.25, 0.3) is 0 Å². The number of aromatic nitrogens is 1. The van der Waals surface area contributed by atoms with Crippen molar-refractivity contribution in [2.45, 2.75) is 19.3 Å². The van der Waals surface area contributed by atoms with E-state index in [9.17, 15) is 4.57 Å². The second-order valence-electron chi connectivity index (χ2n) is 11.2. The summed E-state index contributed by atoms with van der Waals surface area (Å²) in [7, 11) is -3.19. The highest BCUT2D eigenvalue weighted by molar-refractivity contribution is 7.85. The average molecular weight is 563 g/mol. The van der Waals surface area contributed by atoms with E-state index in [0.717, 1.165) is 27.6 Å². The van der Waals surface area contributed by atoms with Crippen LogP contribution in [0.15, 0.2) is 152 Å². The highest BCUT2D eigenvalue weighted by Gasteiger charge is 2.36. The summed E-state index contributed by atoms with van der Waals surface area (Å²) in [6.07, 6.45) is 0. The van der Waals surface area contributed by atoms with Crippen LogP contribution in [0.2, 0.25) is 0 Å². The summed E-state index contributed by atoms with van der Waals surface area (Å²) in [4.78, 5) is 7.43. The predicted molar refractivity (Wildman–Crippen MR) is 176 cm³/mol. The fraction of sp³-hybridized carbons (Fsp3) is 0.0789.